The molecule has 2 aromatic carbocycles. The lowest BCUT2D eigenvalue weighted by Gasteiger charge is -2.13. The van der Waals surface area contributed by atoms with E-state index in [0.29, 0.717) is 36.0 Å². The van der Waals surface area contributed by atoms with Crippen LogP contribution in [-0.4, -0.2) is 45.8 Å². The van der Waals surface area contributed by atoms with Crippen LogP contribution >= 0.6 is 22.6 Å². The normalized spacial score (nSPS) is 10.2. The number of nitrogens with one attached hydrogen (secondary N) is 2. The van der Waals surface area contributed by atoms with Gasteiger partial charge in [-0.2, -0.15) is 0 Å². The van der Waals surface area contributed by atoms with Crippen molar-refractivity contribution in [3.05, 3.63) is 51.6 Å². The molecule has 0 aliphatic rings. The quantitative estimate of drug-likeness (QED) is 0.423. The molecule has 8 heteroatoms. The topological polar surface area (TPSA) is 85.9 Å². The molecule has 7 nitrogen and oxygen atoms in total. The standard InChI is InChI=1S/C19H21IN2O5/c1-25-9-10-27-17-11-13(7-8-16(17)26-2)22-18(23)12-21-19(24)14-5-3-4-6-15(14)20/h3-8,11H,9-10,12H2,1-2H3,(H,21,24)(H,22,23). The largest absolute Gasteiger partial charge is 0.493 e. The summed E-state index contributed by atoms with van der Waals surface area (Å²) in [6, 6.07) is 12.2. The number of hydrogen-bond donors (Lipinski definition) is 2. The predicted molar refractivity (Wildman–Crippen MR) is 110 cm³/mol. The minimum atomic E-state index is -0.345. The summed E-state index contributed by atoms with van der Waals surface area (Å²) < 4.78 is 16.6. The molecule has 2 amide bonds. The van der Waals surface area contributed by atoms with Gasteiger partial charge in [0.05, 0.1) is 25.8 Å². The van der Waals surface area contributed by atoms with Crippen LogP contribution in [0, 0.1) is 3.57 Å². The first-order valence-corrected chi connectivity index (χ1v) is 9.25. The highest BCUT2D eigenvalue weighted by Gasteiger charge is 2.12. The number of amides is 2. The zero-order valence-electron chi connectivity index (χ0n) is 15.1. The Hall–Kier alpha value is -2.33. The van der Waals surface area contributed by atoms with Crippen LogP contribution < -0.4 is 20.1 Å². The van der Waals surface area contributed by atoms with Crippen molar-refractivity contribution in [2.45, 2.75) is 0 Å². The smallest absolute Gasteiger partial charge is 0.252 e. The van der Waals surface area contributed by atoms with Crippen molar-refractivity contribution < 1.29 is 23.8 Å². The Kier molecular flexibility index (Phi) is 8.34. The molecular formula is C19H21IN2O5. The monoisotopic (exact) mass is 484 g/mol. The summed E-state index contributed by atoms with van der Waals surface area (Å²) in [5.74, 6) is 0.405. The van der Waals surface area contributed by atoms with E-state index < -0.39 is 0 Å². The lowest BCUT2D eigenvalue weighted by molar-refractivity contribution is -0.115. The van der Waals surface area contributed by atoms with Gasteiger partial charge in [-0.25, -0.2) is 0 Å². The van der Waals surface area contributed by atoms with E-state index in [1.807, 2.05) is 12.1 Å². The Balaban J connectivity index is 1.94. The Morgan fingerprint density at radius 2 is 1.81 bits per heavy atom. The number of rotatable bonds is 9. The third-order valence-corrected chi connectivity index (χ3v) is 4.46. The number of methoxy groups -OCH3 is 2. The number of ether oxygens (including phenoxy) is 3. The summed E-state index contributed by atoms with van der Waals surface area (Å²) in [5, 5.41) is 5.33. The first-order chi connectivity index (χ1) is 13.0. The molecule has 0 saturated carbocycles. The van der Waals surface area contributed by atoms with Gasteiger partial charge in [0.2, 0.25) is 5.91 Å². The summed E-state index contributed by atoms with van der Waals surface area (Å²) in [7, 11) is 3.12. The van der Waals surface area contributed by atoms with Crippen molar-refractivity contribution in [3.63, 3.8) is 0 Å². The molecule has 144 valence electrons. The molecule has 0 radical (unpaired) electrons. The fraction of sp³-hybridized carbons (Fsp3) is 0.263. The van der Waals surface area contributed by atoms with Crippen molar-refractivity contribution in [1.29, 1.82) is 0 Å². The Morgan fingerprint density at radius 3 is 2.52 bits per heavy atom. The molecule has 2 aromatic rings. The molecule has 0 heterocycles. The lowest BCUT2D eigenvalue weighted by Crippen LogP contribution is -2.33. The van der Waals surface area contributed by atoms with Crippen LogP contribution in [0.1, 0.15) is 10.4 Å². The first kappa shape index (κ1) is 21.0. The molecule has 0 bridgehead atoms. The van der Waals surface area contributed by atoms with E-state index in [1.165, 1.54) is 7.11 Å². The second-order valence-electron chi connectivity index (χ2n) is 5.42. The van der Waals surface area contributed by atoms with Crippen molar-refractivity contribution in [1.82, 2.24) is 5.32 Å². The molecule has 27 heavy (non-hydrogen) atoms. The molecule has 0 fully saturated rings. The Labute approximate surface area is 171 Å². The Morgan fingerprint density at radius 1 is 1.04 bits per heavy atom. The van der Waals surface area contributed by atoms with Crippen LogP contribution in [0.15, 0.2) is 42.5 Å². The highest BCUT2D eigenvalue weighted by molar-refractivity contribution is 14.1. The maximum Gasteiger partial charge on any atom is 0.252 e. The van der Waals surface area contributed by atoms with Crippen LogP contribution in [0.5, 0.6) is 11.5 Å². The fourth-order valence-electron chi connectivity index (χ4n) is 2.21. The van der Waals surface area contributed by atoms with Crippen molar-refractivity contribution in [2.75, 3.05) is 39.3 Å². The molecule has 0 spiro atoms. The molecule has 0 unspecified atom stereocenters. The van der Waals surface area contributed by atoms with Gasteiger partial charge in [-0.15, -0.1) is 0 Å². The second-order valence-corrected chi connectivity index (χ2v) is 6.58. The van der Waals surface area contributed by atoms with Crippen molar-refractivity contribution >= 4 is 40.1 Å². The van der Waals surface area contributed by atoms with E-state index in [-0.39, 0.29) is 18.4 Å². The summed E-state index contributed by atoms with van der Waals surface area (Å²) in [6.07, 6.45) is 0. The molecule has 0 aliphatic carbocycles. The zero-order valence-corrected chi connectivity index (χ0v) is 17.2. The van der Waals surface area contributed by atoms with Crippen molar-refractivity contribution in [3.8, 4) is 11.5 Å². The highest BCUT2D eigenvalue weighted by atomic mass is 127. The van der Waals surface area contributed by atoms with Gasteiger partial charge in [0.1, 0.15) is 6.61 Å². The predicted octanol–water partition coefficient (Wildman–Crippen LogP) is 2.69. The molecular weight excluding hydrogens is 463 g/mol. The summed E-state index contributed by atoms with van der Waals surface area (Å²) in [4.78, 5) is 24.3. The highest BCUT2D eigenvalue weighted by Crippen LogP contribution is 2.30. The number of hydrogen-bond acceptors (Lipinski definition) is 5. The molecule has 2 N–H and O–H groups in total. The van der Waals surface area contributed by atoms with Crippen LogP contribution in [0.4, 0.5) is 5.69 Å². The second kappa shape index (κ2) is 10.7. The van der Waals surface area contributed by atoms with E-state index in [2.05, 4.69) is 33.2 Å². The van der Waals surface area contributed by atoms with Gasteiger partial charge in [0.25, 0.3) is 5.91 Å². The minimum Gasteiger partial charge on any atom is -0.493 e. The number of benzene rings is 2. The molecule has 0 saturated heterocycles. The number of halogens is 1. The summed E-state index contributed by atoms with van der Waals surface area (Å²) in [5.41, 5.74) is 1.07. The van der Waals surface area contributed by atoms with E-state index in [1.54, 1.807) is 37.4 Å². The van der Waals surface area contributed by atoms with Gasteiger partial charge in [-0.3, -0.25) is 9.59 Å². The molecule has 0 atom stereocenters. The van der Waals surface area contributed by atoms with Crippen LogP contribution in [0.2, 0.25) is 0 Å². The lowest BCUT2D eigenvalue weighted by atomic mass is 10.2. The third-order valence-electron chi connectivity index (χ3n) is 3.52. The van der Waals surface area contributed by atoms with Gasteiger partial charge < -0.3 is 24.8 Å². The number of carbonyl (C=O) groups is 2. The Bertz CT molecular complexity index is 797. The van der Waals surface area contributed by atoms with Gasteiger partial charge >= 0.3 is 0 Å². The van der Waals surface area contributed by atoms with Crippen LogP contribution in [-0.2, 0) is 9.53 Å². The fourth-order valence-corrected chi connectivity index (χ4v) is 2.84. The zero-order chi connectivity index (χ0) is 19.6. The number of carbonyl (C=O) groups excluding carboxylic acids is 2. The van der Waals surface area contributed by atoms with Crippen molar-refractivity contribution in [2.24, 2.45) is 0 Å². The SMILES string of the molecule is COCCOc1cc(NC(=O)CNC(=O)c2ccccc2I)ccc1OC. The van der Waals surface area contributed by atoms with E-state index in [0.717, 1.165) is 3.57 Å². The first-order valence-electron chi connectivity index (χ1n) is 8.17. The average molecular weight is 484 g/mol. The number of anilines is 1. The van der Waals surface area contributed by atoms with Gasteiger partial charge in [0, 0.05) is 22.4 Å². The summed E-state index contributed by atoms with van der Waals surface area (Å²) >= 11 is 2.08. The molecule has 0 aliphatic heterocycles. The van der Waals surface area contributed by atoms with Gasteiger partial charge in [-0.1, -0.05) is 12.1 Å². The van der Waals surface area contributed by atoms with Gasteiger partial charge in [-0.05, 0) is 46.9 Å². The van der Waals surface area contributed by atoms with E-state index >= 15 is 0 Å². The average Bonchev–Trinajstić information content (AvgIpc) is 2.67. The van der Waals surface area contributed by atoms with E-state index in [9.17, 15) is 9.59 Å². The summed E-state index contributed by atoms with van der Waals surface area (Å²) in [6.45, 7) is 0.649. The van der Waals surface area contributed by atoms with Gasteiger partial charge in [0.15, 0.2) is 11.5 Å². The maximum absolute atomic E-state index is 12.2. The molecule has 0 aromatic heterocycles. The van der Waals surface area contributed by atoms with E-state index in [4.69, 9.17) is 14.2 Å². The van der Waals surface area contributed by atoms with Crippen LogP contribution in [0.25, 0.3) is 0 Å². The van der Waals surface area contributed by atoms with Crippen LogP contribution in [0.3, 0.4) is 0 Å². The minimum absolute atomic E-state index is 0.143. The third kappa shape index (κ3) is 6.40. The molecule has 2 rings (SSSR count). The maximum atomic E-state index is 12.2.